The van der Waals surface area contributed by atoms with Gasteiger partial charge in [0.2, 0.25) is 0 Å². The van der Waals surface area contributed by atoms with Crippen molar-refractivity contribution in [2.24, 2.45) is 5.41 Å². The van der Waals surface area contributed by atoms with Crippen molar-refractivity contribution in [2.75, 3.05) is 26.2 Å². The molecular formula is C14H18ClN3O2. The second-order valence-corrected chi connectivity index (χ2v) is 6.33. The molecule has 2 aliphatic heterocycles. The van der Waals surface area contributed by atoms with Gasteiger partial charge in [0.05, 0.1) is 4.92 Å². The number of nitro groups is 1. The highest BCUT2D eigenvalue weighted by molar-refractivity contribution is 6.31. The highest BCUT2D eigenvalue weighted by atomic mass is 35.5. The maximum absolute atomic E-state index is 10.8. The number of nitrogens with zero attached hydrogens (tertiary/aromatic N) is 2. The van der Waals surface area contributed by atoms with Crippen molar-refractivity contribution in [1.29, 1.82) is 0 Å². The van der Waals surface area contributed by atoms with Gasteiger partial charge in [-0.3, -0.25) is 15.0 Å². The van der Waals surface area contributed by atoms with Crippen LogP contribution in [0.4, 0.5) is 5.69 Å². The summed E-state index contributed by atoms with van der Waals surface area (Å²) in [5.41, 5.74) is 1.37. The van der Waals surface area contributed by atoms with E-state index in [1.54, 1.807) is 12.1 Å². The summed E-state index contributed by atoms with van der Waals surface area (Å²) >= 11 is 6.17. The molecule has 1 atom stereocenters. The Labute approximate surface area is 123 Å². The molecule has 6 heteroatoms. The lowest BCUT2D eigenvalue weighted by Gasteiger charge is -2.23. The Bertz CT molecular complexity index is 529. The van der Waals surface area contributed by atoms with E-state index < -0.39 is 0 Å². The monoisotopic (exact) mass is 295 g/mol. The van der Waals surface area contributed by atoms with Crippen LogP contribution in [-0.2, 0) is 6.54 Å². The first-order valence-corrected chi connectivity index (χ1v) is 7.32. The fraction of sp³-hybridized carbons (Fsp3) is 0.571. The molecule has 1 unspecified atom stereocenters. The average molecular weight is 296 g/mol. The first-order chi connectivity index (χ1) is 9.58. The Morgan fingerprint density at radius 2 is 2.30 bits per heavy atom. The van der Waals surface area contributed by atoms with Crippen molar-refractivity contribution in [3.05, 3.63) is 38.9 Å². The smallest absolute Gasteiger partial charge is 0.269 e. The van der Waals surface area contributed by atoms with Gasteiger partial charge in [-0.05, 0) is 43.0 Å². The Morgan fingerprint density at radius 1 is 1.45 bits per heavy atom. The fourth-order valence-corrected chi connectivity index (χ4v) is 3.52. The van der Waals surface area contributed by atoms with Gasteiger partial charge in [-0.15, -0.1) is 0 Å². The zero-order valence-corrected chi connectivity index (χ0v) is 12.0. The van der Waals surface area contributed by atoms with Crippen molar-refractivity contribution >= 4 is 17.3 Å². The summed E-state index contributed by atoms with van der Waals surface area (Å²) < 4.78 is 0. The van der Waals surface area contributed by atoms with Crippen LogP contribution in [-0.4, -0.2) is 36.0 Å². The largest absolute Gasteiger partial charge is 0.316 e. The molecule has 0 aliphatic carbocycles. The Kier molecular flexibility index (Phi) is 3.67. The number of hydrogen-bond acceptors (Lipinski definition) is 4. The van der Waals surface area contributed by atoms with E-state index in [2.05, 4.69) is 10.2 Å². The number of nitro benzene ring substituents is 1. The van der Waals surface area contributed by atoms with E-state index in [0.29, 0.717) is 17.0 Å². The van der Waals surface area contributed by atoms with Crippen LogP contribution in [0.15, 0.2) is 18.2 Å². The van der Waals surface area contributed by atoms with Crippen LogP contribution in [0.5, 0.6) is 0 Å². The number of non-ortho nitro benzene ring substituents is 1. The van der Waals surface area contributed by atoms with Crippen LogP contribution < -0.4 is 5.32 Å². The number of halogens is 1. The molecule has 1 spiro atoms. The predicted molar refractivity (Wildman–Crippen MR) is 77.9 cm³/mol. The SMILES string of the molecule is O=[N+]([O-])c1ccc(Cl)c(CN2CCC3(CCNC3)C2)c1. The van der Waals surface area contributed by atoms with Crippen LogP contribution in [0.2, 0.25) is 5.02 Å². The van der Waals surface area contributed by atoms with E-state index in [-0.39, 0.29) is 10.6 Å². The molecule has 2 fully saturated rings. The van der Waals surface area contributed by atoms with Crippen molar-refractivity contribution in [3.63, 3.8) is 0 Å². The van der Waals surface area contributed by atoms with E-state index >= 15 is 0 Å². The Morgan fingerprint density at radius 3 is 3.00 bits per heavy atom. The van der Waals surface area contributed by atoms with Crippen molar-refractivity contribution in [1.82, 2.24) is 10.2 Å². The topological polar surface area (TPSA) is 58.4 Å². The standard InChI is InChI=1S/C14H18ClN3O2/c15-13-2-1-12(18(19)20)7-11(13)8-17-6-4-14(10-17)3-5-16-9-14/h1-2,7,16H,3-6,8-10H2. The van der Waals surface area contributed by atoms with Crippen LogP contribution in [0.1, 0.15) is 18.4 Å². The van der Waals surface area contributed by atoms with E-state index in [1.807, 2.05) is 0 Å². The second kappa shape index (κ2) is 5.31. The molecule has 0 bridgehead atoms. The summed E-state index contributed by atoms with van der Waals surface area (Å²) in [5.74, 6) is 0. The van der Waals surface area contributed by atoms with Crippen molar-refractivity contribution in [3.8, 4) is 0 Å². The van der Waals surface area contributed by atoms with Crippen LogP contribution in [0.25, 0.3) is 0 Å². The molecule has 20 heavy (non-hydrogen) atoms. The Balaban J connectivity index is 1.72. The minimum absolute atomic E-state index is 0.112. The second-order valence-electron chi connectivity index (χ2n) is 5.92. The first-order valence-electron chi connectivity index (χ1n) is 6.94. The van der Waals surface area contributed by atoms with Gasteiger partial charge >= 0.3 is 0 Å². The van der Waals surface area contributed by atoms with Gasteiger partial charge in [0, 0.05) is 36.8 Å². The lowest BCUT2D eigenvalue weighted by atomic mass is 9.86. The number of rotatable bonds is 3. The molecule has 1 N–H and O–H groups in total. The number of likely N-dealkylation sites (tertiary alicyclic amines) is 1. The summed E-state index contributed by atoms with van der Waals surface area (Å²) in [6, 6.07) is 4.68. The molecule has 3 rings (SSSR count). The van der Waals surface area contributed by atoms with Gasteiger partial charge in [-0.25, -0.2) is 0 Å². The van der Waals surface area contributed by atoms with Gasteiger partial charge in [0.25, 0.3) is 5.69 Å². The quantitative estimate of drug-likeness (QED) is 0.687. The third-order valence-electron chi connectivity index (χ3n) is 4.48. The minimum Gasteiger partial charge on any atom is -0.316 e. The molecule has 1 aromatic carbocycles. The minimum atomic E-state index is -0.369. The lowest BCUT2D eigenvalue weighted by molar-refractivity contribution is -0.384. The van der Waals surface area contributed by atoms with Gasteiger partial charge in [-0.1, -0.05) is 11.6 Å². The third-order valence-corrected chi connectivity index (χ3v) is 4.85. The molecule has 0 amide bonds. The Hall–Kier alpha value is -1.17. The molecule has 2 saturated heterocycles. The summed E-state index contributed by atoms with van der Waals surface area (Å²) in [7, 11) is 0. The number of nitrogens with one attached hydrogen (secondary N) is 1. The van der Waals surface area contributed by atoms with E-state index in [0.717, 1.165) is 31.7 Å². The zero-order chi connectivity index (χ0) is 14.2. The number of hydrogen-bond donors (Lipinski definition) is 1. The summed E-state index contributed by atoms with van der Waals surface area (Å²) in [4.78, 5) is 12.8. The molecule has 0 radical (unpaired) electrons. The highest BCUT2D eigenvalue weighted by Crippen LogP contribution is 2.37. The van der Waals surface area contributed by atoms with Crippen LogP contribution in [0, 0.1) is 15.5 Å². The number of benzene rings is 1. The normalized spacial score (nSPS) is 26.4. The molecular weight excluding hydrogens is 278 g/mol. The van der Waals surface area contributed by atoms with E-state index in [9.17, 15) is 10.1 Å². The van der Waals surface area contributed by atoms with Gasteiger partial charge < -0.3 is 5.32 Å². The molecule has 0 aromatic heterocycles. The highest BCUT2D eigenvalue weighted by Gasteiger charge is 2.40. The summed E-state index contributed by atoms with van der Waals surface area (Å²) in [5, 5.41) is 14.9. The molecule has 5 nitrogen and oxygen atoms in total. The van der Waals surface area contributed by atoms with Crippen molar-refractivity contribution in [2.45, 2.75) is 19.4 Å². The molecule has 1 aromatic rings. The third kappa shape index (κ3) is 2.66. The lowest BCUT2D eigenvalue weighted by Crippen LogP contribution is -2.29. The predicted octanol–water partition coefficient (Wildman–Crippen LogP) is 2.43. The maximum atomic E-state index is 10.8. The average Bonchev–Trinajstić information content (AvgIpc) is 3.03. The fourth-order valence-electron chi connectivity index (χ4n) is 3.34. The summed E-state index contributed by atoms with van der Waals surface area (Å²) in [6.45, 7) is 4.99. The molecule has 2 aliphatic rings. The van der Waals surface area contributed by atoms with Crippen LogP contribution in [0.3, 0.4) is 0 Å². The van der Waals surface area contributed by atoms with Gasteiger partial charge in [0.15, 0.2) is 0 Å². The first kappa shape index (κ1) is 13.8. The molecule has 0 saturated carbocycles. The molecule has 108 valence electrons. The van der Waals surface area contributed by atoms with Gasteiger partial charge in [0.1, 0.15) is 0 Å². The maximum Gasteiger partial charge on any atom is 0.269 e. The van der Waals surface area contributed by atoms with E-state index in [4.69, 9.17) is 11.6 Å². The van der Waals surface area contributed by atoms with Crippen LogP contribution >= 0.6 is 11.6 Å². The van der Waals surface area contributed by atoms with Crippen molar-refractivity contribution < 1.29 is 4.92 Å². The summed E-state index contributed by atoms with van der Waals surface area (Å²) in [6.07, 6.45) is 2.43. The molecule has 2 heterocycles. The van der Waals surface area contributed by atoms with E-state index in [1.165, 1.54) is 18.9 Å². The van der Waals surface area contributed by atoms with Gasteiger partial charge in [-0.2, -0.15) is 0 Å². The zero-order valence-electron chi connectivity index (χ0n) is 11.3.